The van der Waals surface area contributed by atoms with Crippen LogP contribution in [0.5, 0.6) is 0 Å². The second-order valence-corrected chi connectivity index (χ2v) is 3.00. The minimum absolute atomic E-state index is 0.204. The molecule has 0 fully saturated rings. The first-order chi connectivity index (χ1) is 7.27. The van der Waals surface area contributed by atoms with Crippen LogP contribution in [0, 0.1) is 17.1 Å². The summed E-state index contributed by atoms with van der Waals surface area (Å²) < 4.78 is 13.4. The summed E-state index contributed by atoms with van der Waals surface area (Å²) in [6.07, 6.45) is 4.38. The van der Waals surface area contributed by atoms with Crippen LogP contribution in [0.1, 0.15) is 17.5 Å². The molecule has 1 aromatic carbocycles. The minimum atomic E-state index is -0.370. The molecule has 1 aromatic rings. The van der Waals surface area contributed by atoms with Gasteiger partial charge >= 0.3 is 0 Å². The van der Waals surface area contributed by atoms with E-state index in [1.54, 1.807) is 24.3 Å². The van der Waals surface area contributed by atoms with E-state index in [-0.39, 0.29) is 18.7 Å². The maximum absolute atomic E-state index is 13.4. The van der Waals surface area contributed by atoms with Gasteiger partial charge in [0.2, 0.25) is 0 Å². The van der Waals surface area contributed by atoms with E-state index in [0.717, 1.165) is 6.29 Å². The summed E-state index contributed by atoms with van der Waals surface area (Å²) in [5.41, 5.74) is 1.08. The van der Waals surface area contributed by atoms with Crippen molar-refractivity contribution in [3.05, 3.63) is 41.2 Å². The molecule has 1 rings (SSSR count). The molecule has 0 amide bonds. The number of nitriles is 1. The maximum Gasteiger partial charge on any atom is 0.130 e. The van der Waals surface area contributed by atoms with Gasteiger partial charge in [-0.2, -0.15) is 5.26 Å². The number of hydrogen-bond acceptors (Lipinski definition) is 2. The zero-order valence-corrected chi connectivity index (χ0v) is 8.11. The van der Waals surface area contributed by atoms with Crippen molar-refractivity contribution in [3.8, 4) is 6.07 Å². The number of rotatable bonds is 4. The van der Waals surface area contributed by atoms with E-state index < -0.39 is 0 Å². The van der Waals surface area contributed by atoms with Crippen LogP contribution in [0.2, 0.25) is 0 Å². The molecule has 0 aliphatic heterocycles. The van der Waals surface area contributed by atoms with Gasteiger partial charge in [0.1, 0.15) is 12.1 Å². The van der Waals surface area contributed by atoms with Gasteiger partial charge in [-0.15, -0.1) is 0 Å². The van der Waals surface area contributed by atoms with Crippen LogP contribution in [-0.2, 0) is 11.2 Å². The molecule has 15 heavy (non-hydrogen) atoms. The largest absolute Gasteiger partial charge is 0.303 e. The Balaban J connectivity index is 2.84. The lowest BCUT2D eigenvalue weighted by molar-refractivity contribution is -0.107. The van der Waals surface area contributed by atoms with Gasteiger partial charge in [-0.05, 0) is 11.6 Å². The Kier molecular flexibility index (Phi) is 4.24. The summed E-state index contributed by atoms with van der Waals surface area (Å²) in [6, 6.07) is 6.59. The highest BCUT2D eigenvalue weighted by molar-refractivity contribution is 5.58. The maximum atomic E-state index is 13.4. The Hall–Kier alpha value is -1.95. The lowest BCUT2D eigenvalue weighted by atomic mass is 10.1. The summed E-state index contributed by atoms with van der Waals surface area (Å²) in [5.74, 6) is -0.370. The highest BCUT2D eigenvalue weighted by atomic mass is 19.1. The van der Waals surface area contributed by atoms with E-state index in [2.05, 4.69) is 0 Å². The standard InChI is InChI=1S/C12H10FNO/c13-12-9-10(6-7-14)4-5-11(12)3-1-2-8-15/h1,3-5,8-9H,2,6H2. The van der Waals surface area contributed by atoms with Gasteiger partial charge in [-0.1, -0.05) is 24.3 Å². The third kappa shape index (κ3) is 3.35. The predicted molar refractivity (Wildman–Crippen MR) is 55.4 cm³/mol. The average Bonchev–Trinajstić information content (AvgIpc) is 2.22. The number of carbonyl (C=O) groups excluding carboxylic acids is 1. The molecule has 3 heteroatoms. The SMILES string of the molecule is N#CCc1ccc(C=CCC=O)c(F)c1. The van der Waals surface area contributed by atoms with Crippen LogP contribution in [0.25, 0.3) is 6.08 Å². The molecule has 0 bridgehead atoms. The van der Waals surface area contributed by atoms with E-state index in [4.69, 9.17) is 5.26 Å². The Bertz CT molecular complexity index is 418. The third-order valence-electron chi connectivity index (χ3n) is 1.88. The van der Waals surface area contributed by atoms with Gasteiger partial charge in [0.05, 0.1) is 12.5 Å². The van der Waals surface area contributed by atoms with Crippen molar-refractivity contribution in [1.29, 1.82) is 5.26 Å². The molecule has 0 heterocycles. The Morgan fingerprint density at radius 2 is 2.27 bits per heavy atom. The van der Waals surface area contributed by atoms with Gasteiger partial charge in [-0.3, -0.25) is 0 Å². The highest BCUT2D eigenvalue weighted by Gasteiger charge is 1.99. The average molecular weight is 203 g/mol. The van der Waals surface area contributed by atoms with E-state index >= 15 is 0 Å². The number of aldehydes is 1. The van der Waals surface area contributed by atoms with Gasteiger partial charge in [0.25, 0.3) is 0 Å². The molecule has 0 aromatic heterocycles. The molecule has 0 saturated carbocycles. The van der Waals surface area contributed by atoms with Crippen molar-refractivity contribution in [2.24, 2.45) is 0 Å². The van der Waals surface area contributed by atoms with Crippen molar-refractivity contribution in [1.82, 2.24) is 0 Å². The van der Waals surface area contributed by atoms with Crippen molar-refractivity contribution in [2.75, 3.05) is 0 Å². The molecule has 76 valence electrons. The van der Waals surface area contributed by atoms with E-state index in [1.807, 2.05) is 6.07 Å². The van der Waals surface area contributed by atoms with Crippen molar-refractivity contribution >= 4 is 12.4 Å². The van der Waals surface area contributed by atoms with Crippen molar-refractivity contribution in [2.45, 2.75) is 12.8 Å². The van der Waals surface area contributed by atoms with Gasteiger partial charge < -0.3 is 4.79 Å². The van der Waals surface area contributed by atoms with Crippen LogP contribution in [0.4, 0.5) is 4.39 Å². The smallest absolute Gasteiger partial charge is 0.130 e. The monoisotopic (exact) mass is 203 g/mol. The van der Waals surface area contributed by atoms with Crippen molar-refractivity contribution < 1.29 is 9.18 Å². The summed E-state index contributed by atoms with van der Waals surface area (Å²) in [7, 11) is 0. The molecule has 0 spiro atoms. The number of benzene rings is 1. The predicted octanol–water partition coefficient (Wildman–Crippen LogP) is 2.49. The number of hydrogen-bond donors (Lipinski definition) is 0. The van der Waals surface area contributed by atoms with Gasteiger partial charge in [0.15, 0.2) is 0 Å². The summed E-state index contributed by atoms with van der Waals surface area (Å²) in [6.45, 7) is 0. The molecule has 0 aliphatic carbocycles. The normalized spacial score (nSPS) is 10.1. The Labute approximate surface area is 87.7 Å². The van der Waals surface area contributed by atoms with Crippen LogP contribution in [0.15, 0.2) is 24.3 Å². The fraction of sp³-hybridized carbons (Fsp3) is 0.167. The van der Waals surface area contributed by atoms with Crippen molar-refractivity contribution in [3.63, 3.8) is 0 Å². The second-order valence-electron chi connectivity index (χ2n) is 3.00. The number of nitrogens with zero attached hydrogens (tertiary/aromatic N) is 1. The lowest BCUT2D eigenvalue weighted by Gasteiger charge is -1.99. The number of allylic oxidation sites excluding steroid dienone is 1. The van der Waals surface area contributed by atoms with Crippen LogP contribution < -0.4 is 0 Å². The number of halogens is 1. The first-order valence-electron chi connectivity index (χ1n) is 4.53. The molecule has 0 atom stereocenters. The van der Waals surface area contributed by atoms with Gasteiger partial charge in [-0.25, -0.2) is 4.39 Å². The zero-order chi connectivity index (χ0) is 11.1. The number of carbonyl (C=O) groups is 1. The minimum Gasteiger partial charge on any atom is -0.303 e. The highest BCUT2D eigenvalue weighted by Crippen LogP contribution is 2.12. The topological polar surface area (TPSA) is 40.9 Å². The van der Waals surface area contributed by atoms with Crippen LogP contribution in [-0.4, -0.2) is 6.29 Å². The molecular formula is C12H10FNO. The quantitative estimate of drug-likeness (QED) is 0.705. The molecule has 0 unspecified atom stereocenters. The second kappa shape index (κ2) is 5.71. The van der Waals surface area contributed by atoms with E-state index in [0.29, 0.717) is 11.1 Å². The Morgan fingerprint density at radius 3 is 2.87 bits per heavy atom. The summed E-state index contributed by atoms with van der Waals surface area (Å²) in [5, 5.41) is 8.43. The fourth-order valence-electron chi connectivity index (χ4n) is 1.16. The summed E-state index contributed by atoms with van der Waals surface area (Å²) >= 11 is 0. The molecule has 2 nitrogen and oxygen atoms in total. The third-order valence-corrected chi connectivity index (χ3v) is 1.88. The molecule has 0 N–H and O–H groups in total. The molecular weight excluding hydrogens is 193 g/mol. The lowest BCUT2D eigenvalue weighted by Crippen LogP contribution is -1.87. The summed E-state index contributed by atoms with van der Waals surface area (Å²) in [4.78, 5) is 10.0. The fourth-order valence-corrected chi connectivity index (χ4v) is 1.16. The van der Waals surface area contributed by atoms with E-state index in [1.165, 1.54) is 6.07 Å². The molecule has 0 aliphatic rings. The van der Waals surface area contributed by atoms with Crippen LogP contribution in [0.3, 0.4) is 0 Å². The van der Waals surface area contributed by atoms with Gasteiger partial charge in [0, 0.05) is 12.0 Å². The molecule has 0 saturated heterocycles. The van der Waals surface area contributed by atoms with Crippen LogP contribution >= 0.6 is 0 Å². The first kappa shape index (κ1) is 11.1. The van der Waals surface area contributed by atoms with E-state index in [9.17, 15) is 9.18 Å². The zero-order valence-electron chi connectivity index (χ0n) is 8.11. The Morgan fingerprint density at radius 1 is 1.47 bits per heavy atom. The molecule has 0 radical (unpaired) electrons. The first-order valence-corrected chi connectivity index (χ1v) is 4.53.